The Balaban J connectivity index is 1.58. The molecule has 8 nitrogen and oxygen atoms in total. The number of hydrogen-bond acceptors (Lipinski definition) is 6. The van der Waals surface area contributed by atoms with Gasteiger partial charge in [0.2, 0.25) is 0 Å². The highest BCUT2D eigenvalue weighted by atomic mass is 19.1. The largest absolute Gasteiger partial charge is 0.381 e. The van der Waals surface area contributed by atoms with Crippen LogP contribution in [0.25, 0.3) is 17.2 Å². The van der Waals surface area contributed by atoms with E-state index in [4.69, 9.17) is 15.7 Å². The van der Waals surface area contributed by atoms with Crippen LogP contribution in [0.4, 0.5) is 15.9 Å². The Morgan fingerprint density at radius 1 is 1.22 bits per heavy atom. The van der Waals surface area contributed by atoms with Gasteiger partial charge in [-0.15, -0.1) is 0 Å². The number of nitrogens with zero attached hydrogens (tertiary/aromatic N) is 4. The minimum Gasteiger partial charge on any atom is -0.381 e. The standard InChI is InChI=1S/C23H22FN7O/c24-15-6-3-5-14(11-15)12-27-21-19-17(8-1-2-9-26-19)29-22(30-21)23-28-13-18-16(20(25)32)7-4-10-31(18)23/h3-7,10-11,13,26H,1-2,8-9,12H2,(H2,25,32)(H,27,29,30). The fourth-order valence-corrected chi connectivity index (χ4v) is 3.96. The number of halogens is 1. The molecule has 4 aromatic rings. The molecule has 0 radical (unpaired) electrons. The Morgan fingerprint density at radius 2 is 2.12 bits per heavy atom. The van der Waals surface area contributed by atoms with Crippen LogP contribution < -0.4 is 16.4 Å². The summed E-state index contributed by atoms with van der Waals surface area (Å²) in [5, 5.41) is 6.76. The number of pyridine rings is 1. The second-order valence-electron chi connectivity index (χ2n) is 7.71. The molecule has 0 spiro atoms. The lowest BCUT2D eigenvalue weighted by Crippen LogP contribution is -2.13. The molecule has 162 valence electrons. The second-order valence-corrected chi connectivity index (χ2v) is 7.71. The zero-order chi connectivity index (χ0) is 22.1. The molecule has 4 heterocycles. The Morgan fingerprint density at radius 3 is 2.97 bits per heavy atom. The minimum absolute atomic E-state index is 0.279. The summed E-state index contributed by atoms with van der Waals surface area (Å²) in [7, 11) is 0. The van der Waals surface area contributed by atoms with Crippen LogP contribution in [0, 0.1) is 5.82 Å². The van der Waals surface area contributed by atoms with Crippen LogP contribution in [0.15, 0.2) is 48.8 Å². The summed E-state index contributed by atoms with van der Waals surface area (Å²) in [5.74, 6) is 0.795. The molecule has 0 aliphatic carbocycles. The molecule has 1 aliphatic heterocycles. The Bertz CT molecular complexity index is 1320. The van der Waals surface area contributed by atoms with Crippen molar-refractivity contribution in [2.24, 2.45) is 5.73 Å². The first kappa shape index (κ1) is 19.9. The van der Waals surface area contributed by atoms with Crippen molar-refractivity contribution in [2.45, 2.75) is 25.8 Å². The molecule has 1 amide bonds. The zero-order valence-electron chi connectivity index (χ0n) is 17.3. The van der Waals surface area contributed by atoms with Crippen LogP contribution in [-0.2, 0) is 13.0 Å². The molecule has 0 saturated carbocycles. The number of primary amides is 1. The number of anilines is 2. The highest BCUT2D eigenvalue weighted by Crippen LogP contribution is 2.30. The van der Waals surface area contributed by atoms with Crippen molar-refractivity contribution in [1.29, 1.82) is 0 Å². The number of benzene rings is 1. The Kier molecular flexibility index (Phi) is 5.14. The fourth-order valence-electron chi connectivity index (χ4n) is 3.96. The number of nitrogens with one attached hydrogen (secondary N) is 2. The Labute approximate surface area is 183 Å². The number of nitrogens with two attached hydrogens (primary N) is 1. The summed E-state index contributed by atoms with van der Waals surface area (Å²) < 4.78 is 15.4. The zero-order valence-corrected chi connectivity index (χ0v) is 17.3. The van der Waals surface area contributed by atoms with E-state index in [0.717, 1.165) is 42.8 Å². The van der Waals surface area contributed by atoms with Crippen LogP contribution in [-0.4, -0.2) is 31.8 Å². The number of aryl methyl sites for hydroxylation is 1. The number of aromatic nitrogens is 4. The van der Waals surface area contributed by atoms with E-state index in [1.165, 1.54) is 12.1 Å². The molecular formula is C23H22FN7O. The van der Waals surface area contributed by atoms with E-state index in [9.17, 15) is 9.18 Å². The predicted molar refractivity (Wildman–Crippen MR) is 120 cm³/mol. The number of hydrogen-bond donors (Lipinski definition) is 3. The van der Waals surface area contributed by atoms with Crippen LogP contribution in [0.1, 0.15) is 34.5 Å². The van der Waals surface area contributed by atoms with Crippen LogP contribution in [0.2, 0.25) is 0 Å². The average molecular weight is 431 g/mol. The first-order valence-corrected chi connectivity index (χ1v) is 10.5. The summed E-state index contributed by atoms with van der Waals surface area (Å²) in [6, 6.07) is 9.86. The van der Waals surface area contributed by atoms with Crippen molar-refractivity contribution in [1.82, 2.24) is 19.4 Å². The predicted octanol–water partition coefficient (Wildman–Crippen LogP) is 3.39. The summed E-state index contributed by atoms with van der Waals surface area (Å²) in [6.07, 6.45) is 6.25. The van der Waals surface area contributed by atoms with Gasteiger partial charge in [0.15, 0.2) is 17.5 Å². The van der Waals surface area contributed by atoms with Gasteiger partial charge in [0, 0.05) is 19.3 Å². The highest BCUT2D eigenvalue weighted by Gasteiger charge is 2.20. The molecule has 5 rings (SSSR count). The average Bonchev–Trinajstić information content (AvgIpc) is 3.08. The molecule has 32 heavy (non-hydrogen) atoms. The van der Waals surface area contributed by atoms with Crippen LogP contribution in [0.5, 0.6) is 0 Å². The van der Waals surface area contributed by atoms with Crippen molar-refractivity contribution in [3.63, 3.8) is 0 Å². The minimum atomic E-state index is -0.522. The van der Waals surface area contributed by atoms with Gasteiger partial charge in [-0.05, 0) is 49.1 Å². The third-order valence-corrected chi connectivity index (χ3v) is 5.51. The molecule has 3 aromatic heterocycles. The smallest absolute Gasteiger partial charge is 0.250 e. The number of carbonyl (C=O) groups is 1. The van der Waals surface area contributed by atoms with Gasteiger partial charge >= 0.3 is 0 Å². The van der Waals surface area contributed by atoms with Crippen LogP contribution in [0.3, 0.4) is 0 Å². The van der Waals surface area contributed by atoms with Crippen molar-refractivity contribution in [3.8, 4) is 11.6 Å². The van der Waals surface area contributed by atoms with E-state index >= 15 is 0 Å². The number of imidazole rings is 1. The quantitative estimate of drug-likeness (QED) is 0.447. The number of fused-ring (bicyclic) bond motifs is 2. The van der Waals surface area contributed by atoms with Gasteiger partial charge in [-0.25, -0.2) is 19.3 Å². The van der Waals surface area contributed by atoms with Gasteiger partial charge in [0.25, 0.3) is 5.91 Å². The van der Waals surface area contributed by atoms with E-state index in [1.807, 2.05) is 6.07 Å². The molecule has 0 atom stereocenters. The lowest BCUT2D eigenvalue weighted by molar-refractivity contribution is 0.100. The van der Waals surface area contributed by atoms with Gasteiger partial charge in [-0.1, -0.05) is 12.1 Å². The van der Waals surface area contributed by atoms with Crippen molar-refractivity contribution < 1.29 is 9.18 Å². The van der Waals surface area contributed by atoms with Gasteiger partial charge in [-0.3, -0.25) is 9.20 Å². The molecule has 0 saturated heterocycles. The number of amides is 1. The molecule has 0 fully saturated rings. The van der Waals surface area contributed by atoms with Gasteiger partial charge in [0.1, 0.15) is 5.82 Å². The summed E-state index contributed by atoms with van der Waals surface area (Å²) >= 11 is 0. The molecule has 9 heteroatoms. The SMILES string of the molecule is NC(=O)c1cccn2c(-c3nc4c(c(NCc5cccc(F)c5)n3)NCCCC4)ncc12. The molecule has 4 N–H and O–H groups in total. The van der Waals surface area contributed by atoms with E-state index in [-0.39, 0.29) is 5.82 Å². The van der Waals surface area contributed by atoms with E-state index in [2.05, 4.69) is 15.6 Å². The summed E-state index contributed by atoms with van der Waals surface area (Å²) in [6.45, 7) is 1.25. The van der Waals surface area contributed by atoms with E-state index in [0.29, 0.717) is 35.1 Å². The topological polar surface area (TPSA) is 110 Å². The Hall–Kier alpha value is -4.01. The molecule has 0 bridgehead atoms. The van der Waals surface area contributed by atoms with Gasteiger partial charge in [-0.2, -0.15) is 0 Å². The molecule has 0 unspecified atom stereocenters. The second kappa shape index (κ2) is 8.26. The maximum atomic E-state index is 13.6. The first-order chi connectivity index (χ1) is 15.6. The van der Waals surface area contributed by atoms with E-state index < -0.39 is 5.91 Å². The molecular weight excluding hydrogens is 409 g/mol. The normalized spacial score (nSPS) is 13.3. The van der Waals surface area contributed by atoms with Crippen molar-refractivity contribution in [2.75, 3.05) is 17.2 Å². The van der Waals surface area contributed by atoms with Gasteiger partial charge < -0.3 is 16.4 Å². The summed E-state index contributed by atoms with van der Waals surface area (Å²) in [4.78, 5) is 25.8. The number of carbonyl (C=O) groups excluding carboxylic acids is 1. The third-order valence-electron chi connectivity index (χ3n) is 5.51. The van der Waals surface area contributed by atoms with E-state index in [1.54, 1.807) is 35.0 Å². The first-order valence-electron chi connectivity index (χ1n) is 10.5. The van der Waals surface area contributed by atoms with Gasteiger partial charge in [0.05, 0.1) is 28.7 Å². The molecule has 1 aliphatic rings. The maximum absolute atomic E-state index is 13.6. The lowest BCUT2D eigenvalue weighted by Gasteiger charge is -2.16. The van der Waals surface area contributed by atoms with Crippen LogP contribution >= 0.6 is 0 Å². The fraction of sp³-hybridized carbons (Fsp3) is 0.217. The maximum Gasteiger partial charge on any atom is 0.250 e. The lowest BCUT2D eigenvalue weighted by atomic mass is 10.2. The van der Waals surface area contributed by atoms with Crippen molar-refractivity contribution >= 4 is 22.9 Å². The third kappa shape index (κ3) is 3.73. The summed E-state index contributed by atoms with van der Waals surface area (Å²) in [5.41, 5.74) is 9.06. The number of rotatable bonds is 5. The monoisotopic (exact) mass is 431 g/mol. The molecule has 1 aromatic carbocycles. The van der Waals surface area contributed by atoms with Crippen molar-refractivity contribution in [3.05, 3.63) is 71.4 Å². The highest BCUT2D eigenvalue weighted by molar-refractivity contribution is 5.99.